The molecule has 0 N–H and O–H groups in total. The van der Waals surface area contributed by atoms with Crippen LogP contribution in [0.1, 0.15) is 6.42 Å². The van der Waals surface area contributed by atoms with Gasteiger partial charge in [0.25, 0.3) is 0 Å². The summed E-state index contributed by atoms with van der Waals surface area (Å²) < 4.78 is 2.14. The minimum absolute atomic E-state index is 0.988. The average Bonchev–Trinajstić information content (AvgIpc) is 2.78. The predicted molar refractivity (Wildman–Crippen MR) is 66.9 cm³/mol. The summed E-state index contributed by atoms with van der Waals surface area (Å²) >= 11 is 0. The summed E-state index contributed by atoms with van der Waals surface area (Å²) in [5.41, 5.74) is 3.58. The lowest BCUT2D eigenvalue weighted by Crippen LogP contribution is -2.54. The van der Waals surface area contributed by atoms with Gasteiger partial charge in [0.1, 0.15) is 5.36 Å². The van der Waals surface area contributed by atoms with Crippen LogP contribution in [0.5, 0.6) is 0 Å². The van der Waals surface area contributed by atoms with Crippen molar-refractivity contribution in [3.8, 4) is 11.1 Å². The SMILES string of the molecule is C1=C[n+]2ccc3c(c2=CC1)=Nc1ccccc1-3. The number of hydrogen-bond acceptors (Lipinski definition) is 1. The van der Waals surface area contributed by atoms with Crippen LogP contribution in [0, 0.1) is 0 Å². The fourth-order valence-corrected chi connectivity index (χ4v) is 2.51. The molecule has 0 spiro atoms. The normalized spacial score (nSPS) is 14.4. The van der Waals surface area contributed by atoms with Crippen molar-refractivity contribution in [2.75, 3.05) is 0 Å². The maximum Gasteiger partial charge on any atom is 0.233 e. The van der Waals surface area contributed by atoms with E-state index in [9.17, 15) is 0 Å². The van der Waals surface area contributed by atoms with Crippen molar-refractivity contribution in [3.63, 3.8) is 0 Å². The Labute approximate surface area is 98.9 Å². The Kier molecular flexibility index (Phi) is 1.64. The zero-order valence-corrected chi connectivity index (χ0v) is 9.30. The maximum atomic E-state index is 4.74. The summed E-state index contributed by atoms with van der Waals surface area (Å²) in [6.45, 7) is 0. The van der Waals surface area contributed by atoms with E-state index in [0.717, 1.165) is 17.5 Å². The lowest BCUT2D eigenvalue weighted by Gasteiger charge is -1.98. The predicted octanol–water partition coefficient (Wildman–Crippen LogP) is 1.56. The Balaban J connectivity index is 2.17. The number of para-hydroxylation sites is 1. The summed E-state index contributed by atoms with van der Waals surface area (Å²) in [7, 11) is 0. The largest absolute Gasteiger partial charge is 0.241 e. The van der Waals surface area contributed by atoms with Crippen molar-refractivity contribution < 1.29 is 4.57 Å². The first-order valence-corrected chi connectivity index (χ1v) is 5.83. The Bertz CT molecular complexity index is 770. The van der Waals surface area contributed by atoms with Gasteiger partial charge in [-0.3, -0.25) is 0 Å². The standard InChI is InChI=1S/C15H11N2/c1-2-6-13-11(5-1)12-8-10-17-9-4-3-7-14(17)15(12)16-13/h1-2,4-10H,3H2/q+1. The van der Waals surface area contributed by atoms with Gasteiger partial charge in [-0.05, 0) is 24.6 Å². The molecule has 0 amide bonds. The third-order valence-corrected chi connectivity index (χ3v) is 3.32. The summed E-state index contributed by atoms with van der Waals surface area (Å²) in [6.07, 6.45) is 9.59. The molecule has 0 atom stereocenters. The molecule has 2 aliphatic heterocycles. The molecule has 3 heterocycles. The number of hydrogen-bond donors (Lipinski definition) is 0. The van der Waals surface area contributed by atoms with E-state index in [0.29, 0.717) is 0 Å². The van der Waals surface area contributed by atoms with Crippen LogP contribution in [0.2, 0.25) is 0 Å². The molecule has 0 aliphatic carbocycles. The summed E-state index contributed by atoms with van der Waals surface area (Å²) in [6, 6.07) is 10.5. The molecule has 80 valence electrons. The fraction of sp³-hybridized carbons (Fsp3) is 0.0667. The van der Waals surface area contributed by atoms with Crippen molar-refractivity contribution in [2.45, 2.75) is 6.42 Å². The van der Waals surface area contributed by atoms with E-state index in [4.69, 9.17) is 4.99 Å². The second-order valence-corrected chi connectivity index (χ2v) is 4.32. The fourth-order valence-electron chi connectivity index (χ4n) is 2.51. The lowest BCUT2D eigenvalue weighted by atomic mass is 10.1. The third kappa shape index (κ3) is 1.15. The number of allylic oxidation sites excluding steroid dienone is 1. The molecule has 0 bridgehead atoms. The van der Waals surface area contributed by atoms with Crippen molar-refractivity contribution in [3.05, 3.63) is 53.3 Å². The van der Waals surface area contributed by atoms with Crippen molar-refractivity contribution in [2.24, 2.45) is 4.99 Å². The van der Waals surface area contributed by atoms with Crippen LogP contribution in [0.15, 0.2) is 47.6 Å². The van der Waals surface area contributed by atoms with E-state index in [2.05, 4.69) is 53.4 Å². The van der Waals surface area contributed by atoms with Gasteiger partial charge in [-0.2, -0.15) is 4.57 Å². The Morgan fingerprint density at radius 2 is 2.00 bits per heavy atom. The topological polar surface area (TPSA) is 16.2 Å². The number of aromatic nitrogens is 1. The number of pyridine rings is 1. The average molecular weight is 219 g/mol. The molecule has 0 radical (unpaired) electrons. The number of benzene rings is 1. The van der Waals surface area contributed by atoms with E-state index in [1.54, 1.807) is 0 Å². The highest BCUT2D eigenvalue weighted by atomic mass is 14.9. The van der Waals surface area contributed by atoms with Gasteiger partial charge in [-0.1, -0.05) is 18.2 Å². The number of fused-ring (bicyclic) bond motifs is 5. The van der Waals surface area contributed by atoms with Crippen LogP contribution in [0.25, 0.3) is 23.4 Å². The molecule has 1 aromatic heterocycles. The first-order chi connectivity index (χ1) is 8.43. The summed E-state index contributed by atoms with van der Waals surface area (Å²) in [4.78, 5) is 4.74. The second-order valence-electron chi connectivity index (χ2n) is 4.32. The minimum Gasteiger partial charge on any atom is -0.241 e. The van der Waals surface area contributed by atoms with Crippen molar-refractivity contribution in [1.29, 1.82) is 0 Å². The van der Waals surface area contributed by atoms with E-state index < -0.39 is 0 Å². The zero-order chi connectivity index (χ0) is 11.2. The Hall–Kier alpha value is -2.22. The first kappa shape index (κ1) is 8.88. The molecule has 0 saturated carbocycles. The second kappa shape index (κ2) is 3.14. The molecule has 1 aromatic carbocycles. The molecule has 2 nitrogen and oxygen atoms in total. The molecule has 0 saturated heterocycles. The molecule has 17 heavy (non-hydrogen) atoms. The van der Waals surface area contributed by atoms with Gasteiger partial charge in [-0.15, -0.1) is 0 Å². The highest BCUT2D eigenvalue weighted by Crippen LogP contribution is 2.30. The van der Waals surface area contributed by atoms with E-state index >= 15 is 0 Å². The Morgan fingerprint density at radius 3 is 3.00 bits per heavy atom. The highest BCUT2D eigenvalue weighted by Gasteiger charge is 2.18. The maximum absolute atomic E-state index is 4.74. The number of rotatable bonds is 0. The van der Waals surface area contributed by atoms with Crippen LogP contribution in [0.4, 0.5) is 5.69 Å². The van der Waals surface area contributed by atoms with E-state index in [1.807, 2.05) is 6.07 Å². The monoisotopic (exact) mass is 219 g/mol. The molecule has 2 aromatic rings. The molecule has 2 aliphatic rings. The molecular weight excluding hydrogens is 208 g/mol. The molecule has 4 rings (SSSR count). The van der Waals surface area contributed by atoms with Gasteiger partial charge in [0.2, 0.25) is 5.35 Å². The van der Waals surface area contributed by atoms with Gasteiger partial charge >= 0.3 is 0 Å². The van der Waals surface area contributed by atoms with E-state index in [-0.39, 0.29) is 0 Å². The van der Waals surface area contributed by atoms with Gasteiger partial charge in [0, 0.05) is 17.2 Å². The van der Waals surface area contributed by atoms with Gasteiger partial charge in [-0.25, -0.2) is 4.99 Å². The summed E-state index contributed by atoms with van der Waals surface area (Å²) in [5.74, 6) is 0. The zero-order valence-electron chi connectivity index (χ0n) is 9.30. The first-order valence-electron chi connectivity index (χ1n) is 5.83. The van der Waals surface area contributed by atoms with Crippen LogP contribution in [0.3, 0.4) is 0 Å². The smallest absolute Gasteiger partial charge is 0.233 e. The molecule has 2 heteroatoms. The molecule has 0 unspecified atom stereocenters. The van der Waals surface area contributed by atoms with Crippen molar-refractivity contribution in [1.82, 2.24) is 0 Å². The third-order valence-electron chi connectivity index (χ3n) is 3.32. The van der Waals surface area contributed by atoms with Crippen LogP contribution < -0.4 is 15.3 Å². The van der Waals surface area contributed by atoms with Gasteiger partial charge < -0.3 is 0 Å². The number of nitrogens with zero attached hydrogens (tertiary/aromatic N) is 2. The van der Waals surface area contributed by atoms with Crippen molar-refractivity contribution >= 4 is 18.0 Å². The van der Waals surface area contributed by atoms with Gasteiger partial charge in [0.05, 0.1) is 5.69 Å². The summed E-state index contributed by atoms with van der Waals surface area (Å²) in [5, 5.41) is 2.32. The quantitative estimate of drug-likeness (QED) is 0.510. The minimum atomic E-state index is 0.988. The van der Waals surface area contributed by atoms with Crippen LogP contribution in [-0.4, -0.2) is 0 Å². The van der Waals surface area contributed by atoms with Crippen LogP contribution >= 0.6 is 0 Å². The van der Waals surface area contributed by atoms with Gasteiger partial charge in [0.15, 0.2) is 12.4 Å². The lowest BCUT2D eigenvalue weighted by molar-refractivity contribution is -0.584. The Morgan fingerprint density at radius 1 is 1.06 bits per heavy atom. The molecule has 0 fully saturated rings. The highest BCUT2D eigenvalue weighted by molar-refractivity contribution is 5.78. The van der Waals surface area contributed by atoms with E-state index in [1.165, 1.54) is 16.5 Å². The van der Waals surface area contributed by atoms with Crippen LogP contribution in [-0.2, 0) is 0 Å². The molecular formula is C15H11N2+.